The van der Waals surface area contributed by atoms with E-state index < -0.39 is 28.5 Å². The summed E-state index contributed by atoms with van der Waals surface area (Å²) in [6, 6.07) is 22.7. The predicted octanol–water partition coefficient (Wildman–Crippen LogP) is 4.64. The third kappa shape index (κ3) is 8.82. The molecule has 0 aliphatic rings. The highest BCUT2D eigenvalue weighted by molar-refractivity contribution is 9.10. The van der Waals surface area contributed by atoms with Gasteiger partial charge in [0.1, 0.15) is 18.3 Å². The number of hydrogen-bond acceptors (Lipinski definition) is 5. The van der Waals surface area contributed by atoms with E-state index in [9.17, 15) is 18.0 Å². The van der Waals surface area contributed by atoms with Crippen molar-refractivity contribution >= 4 is 43.5 Å². The zero-order chi connectivity index (χ0) is 29.3. The van der Waals surface area contributed by atoms with E-state index in [-0.39, 0.29) is 30.5 Å². The lowest BCUT2D eigenvalue weighted by molar-refractivity contribution is -0.140. The zero-order valence-corrected chi connectivity index (χ0v) is 25.6. The summed E-state index contributed by atoms with van der Waals surface area (Å²) < 4.78 is 33.1. The summed E-state index contributed by atoms with van der Waals surface area (Å²) in [4.78, 5) is 29.2. The number of anilines is 1. The fraction of sp³-hybridized carbons (Fsp3) is 0.333. The number of rotatable bonds is 13. The lowest BCUT2D eigenvalue weighted by Crippen LogP contribution is -2.53. The second-order valence-electron chi connectivity index (χ2n) is 9.94. The Bertz CT molecular complexity index is 1400. The Morgan fingerprint density at radius 3 is 2.23 bits per heavy atom. The number of methoxy groups -OCH3 is 1. The van der Waals surface area contributed by atoms with Gasteiger partial charge in [-0.05, 0) is 41.3 Å². The molecule has 0 aromatic heterocycles. The molecule has 0 heterocycles. The molecule has 40 heavy (non-hydrogen) atoms. The van der Waals surface area contributed by atoms with Crippen molar-refractivity contribution in [1.82, 2.24) is 10.2 Å². The number of carbonyl (C=O) groups excluding carboxylic acids is 2. The Kier molecular flexibility index (Phi) is 11.2. The van der Waals surface area contributed by atoms with Gasteiger partial charge in [0.05, 0.1) is 19.1 Å². The van der Waals surface area contributed by atoms with Crippen molar-refractivity contribution in [2.45, 2.75) is 32.9 Å². The smallest absolute Gasteiger partial charge is 0.244 e. The molecule has 1 unspecified atom stereocenters. The topological polar surface area (TPSA) is 96.0 Å². The summed E-state index contributed by atoms with van der Waals surface area (Å²) in [5.74, 6) is -0.294. The Morgan fingerprint density at radius 1 is 0.950 bits per heavy atom. The molecule has 0 radical (unpaired) electrons. The van der Waals surface area contributed by atoms with Crippen LogP contribution in [0, 0.1) is 5.92 Å². The molecule has 0 fully saturated rings. The van der Waals surface area contributed by atoms with Crippen molar-refractivity contribution in [3.8, 4) is 5.75 Å². The number of nitrogens with one attached hydrogen (secondary N) is 1. The molecule has 1 N–H and O–H groups in total. The number of amides is 2. The summed E-state index contributed by atoms with van der Waals surface area (Å²) in [7, 11) is -2.45. The minimum Gasteiger partial charge on any atom is -0.495 e. The van der Waals surface area contributed by atoms with Crippen molar-refractivity contribution < 1.29 is 22.7 Å². The van der Waals surface area contributed by atoms with E-state index in [2.05, 4.69) is 21.2 Å². The Labute approximate surface area is 245 Å². The lowest BCUT2D eigenvalue weighted by atomic mass is 10.0. The van der Waals surface area contributed by atoms with Gasteiger partial charge < -0.3 is 15.0 Å². The largest absolute Gasteiger partial charge is 0.495 e. The van der Waals surface area contributed by atoms with Gasteiger partial charge in [0, 0.05) is 24.0 Å². The van der Waals surface area contributed by atoms with Gasteiger partial charge in [-0.25, -0.2) is 8.42 Å². The first-order valence-electron chi connectivity index (χ1n) is 13.0. The van der Waals surface area contributed by atoms with Gasteiger partial charge in [-0.15, -0.1) is 0 Å². The minimum absolute atomic E-state index is 0.106. The van der Waals surface area contributed by atoms with Gasteiger partial charge in [-0.2, -0.15) is 0 Å². The van der Waals surface area contributed by atoms with Crippen LogP contribution in [0.4, 0.5) is 5.69 Å². The first kappa shape index (κ1) is 31.2. The van der Waals surface area contributed by atoms with Gasteiger partial charge >= 0.3 is 0 Å². The van der Waals surface area contributed by atoms with E-state index >= 15 is 0 Å². The summed E-state index contributed by atoms with van der Waals surface area (Å²) in [5, 5.41) is 2.97. The molecule has 2 amide bonds. The quantitative estimate of drug-likeness (QED) is 0.297. The first-order valence-corrected chi connectivity index (χ1v) is 15.6. The van der Waals surface area contributed by atoms with Crippen molar-refractivity contribution in [2.75, 3.05) is 30.8 Å². The van der Waals surface area contributed by atoms with Gasteiger partial charge in [0.15, 0.2) is 0 Å². The molecule has 0 saturated heterocycles. The third-order valence-corrected chi connectivity index (χ3v) is 7.85. The number of hydrogen-bond donors (Lipinski definition) is 1. The van der Waals surface area contributed by atoms with Gasteiger partial charge in [-0.1, -0.05) is 84.4 Å². The molecule has 3 aromatic rings. The second-order valence-corrected chi connectivity index (χ2v) is 12.8. The molecule has 0 aliphatic heterocycles. The molecule has 0 bridgehead atoms. The van der Waals surface area contributed by atoms with Crippen LogP contribution in [0.25, 0.3) is 0 Å². The maximum atomic E-state index is 14.1. The fourth-order valence-corrected chi connectivity index (χ4v) is 5.54. The number of halogens is 1. The number of carbonyl (C=O) groups is 2. The molecule has 10 heteroatoms. The van der Waals surface area contributed by atoms with Crippen LogP contribution in [0.1, 0.15) is 25.0 Å². The van der Waals surface area contributed by atoms with Crippen LogP contribution in [0.3, 0.4) is 0 Å². The predicted molar refractivity (Wildman–Crippen MR) is 162 cm³/mol. The van der Waals surface area contributed by atoms with Crippen molar-refractivity contribution in [3.63, 3.8) is 0 Å². The molecule has 3 aromatic carbocycles. The molecule has 8 nitrogen and oxygen atoms in total. The van der Waals surface area contributed by atoms with Crippen LogP contribution >= 0.6 is 15.9 Å². The SMILES string of the molecule is COc1ccccc1N(CC(=O)N(Cc1cccc(Br)c1)C(Cc1ccccc1)C(=O)NCC(C)C)S(C)(=O)=O. The summed E-state index contributed by atoms with van der Waals surface area (Å²) >= 11 is 3.48. The van der Waals surface area contributed by atoms with E-state index in [0.717, 1.165) is 26.2 Å². The molecule has 0 saturated carbocycles. The van der Waals surface area contributed by atoms with Crippen LogP contribution in [-0.4, -0.2) is 57.6 Å². The highest BCUT2D eigenvalue weighted by Gasteiger charge is 2.33. The first-order chi connectivity index (χ1) is 19.0. The summed E-state index contributed by atoms with van der Waals surface area (Å²) in [6.45, 7) is 4.03. The monoisotopic (exact) mass is 629 g/mol. The molecule has 214 valence electrons. The maximum absolute atomic E-state index is 14.1. The van der Waals surface area contributed by atoms with E-state index in [1.54, 1.807) is 24.3 Å². The standard InChI is InChI=1S/C30H36BrN3O5S/c1-22(2)19-32-30(36)27(18-23-11-6-5-7-12-23)33(20-24-13-10-14-25(31)17-24)29(35)21-34(40(4,37)38)26-15-8-9-16-28(26)39-3/h5-17,22,27H,18-21H2,1-4H3,(H,32,36). The number of benzene rings is 3. The number of para-hydroxylation sites is 2. The summed E-state index contributed by atoms with van der Waals surface area (Å²) in [6.07, 6.45) is 1.31. The van der Waals surface area contributed by atoms with Crippen LogP contribution in [0.15, 0.2) is 83.3 Å². The summed E-state index contributed by atoms with van der Waals surface area (Å²) in [5.41, 5.74) is 1.91. The Balaban J connectivity index is 2.07. The van der Waals surface area contributed by atoms with E-state index in [0.29, 0.717) is 12.3 Å². The second kappa shape index (κ2) is 14.3. The van der Waals surface area contributed by atoms with Gasteiger partial charge in [-0.3, -0.25) is 13.9 Å². The van der Waals surface area contributed by atoms with Gasteiger partial charge in [0.25, 0.3) is 0 Å². The maximum Gasteiger partial charge on any atom is 0.244 e. The van der Waals surface area contributed by atoms with E-state index in [1.807, 2.05) is 68.4 Å². The molecule has 0 spiro atoms. The average molecular weight is 631 g/mol. The van der Waals surface area contributed by atoms with E-state index in [4.69, 9.17) is 4.74 Å². The Hall–Kier alpha value is -3.37. The molecular weight excluding hydrogens is 594 g/mol. The van der Waals surface area contributed by atoms with Crippen molar-refractivity contribution in [1.29, 1.82) is 0 Å². The highest BCUT2D eigenvalue weighted by atomic mass is 79.9. The van der Waals surface area contributed by atoms with E-state index in [1.165, 1.54) is 12.0 Å². The zero-order valence-electron chi connectivity index (χ0n) is 23.2. The normalized spacial score (nSPS) is 12.1. The number of sulfonamides is 1. The molecule has 3 rings (SSSR count). The van der Waals surface area contributed by atoms with Crippen molar-refractivity contribution in [3.05, 3.63) is 94.5 Å². The molecule has 0 aliphatic carbocycles. The molecule has 1 atom stereocenters. The van der Waals surface area contributed by atoms with Crippen LogP contribution in [0.5, 0.6) is 5.75 Å². The van der Waals surface area contributed by atoms with Crippen LogP contribution in [0.2, 0.25) is 0 Å². The Morgan fingerprint density at radius 2 is 1.60 bits per heavy atom. The minimum atomic E-state index is -3.89. The fourth-order valence-electron chi connectivity index (χ4n) is 4.24. The number of nitrogens with zero attached hydrogens (tertiary/aromatic N) is 2. The molecular formula is C30H36BrN3O5S. The average Bonchev–Trinajstić information content (AvgIpc) is 2.92. The lowest BCUT2D eigenvalue weighted by Gasteiger charge is -2.34. The van der Waals surface area contributed by atoms with Crippen LogP contribution < -0.4 is 14.4 Å². The van der Waals surface area contributed by atoms with Crippen molar-refractivity contribution in [2.24, 2.45) is 5.92 Å². The van der Waals surface area contributed by atoms with Gasteiger partial charge in [0.2, 0.25) is 21.8 Å². The third-order valence-electron chi connectivity index (χ3n) is 6.23. The number of ether oxygens (including phenoxy) is 1. The van der Waals surface area contributed by atoms with Crippen LogP contribution in [-0.2, 0) is 32.6 Å². The highest BCUT2D eigenvalue weighted by Crippen LogP contribution is 2.30.